The minimum Gasteiger partial charge on any atom is -0.378 e. The lowest BCUT2D eigenvalue weighted by molar-refractivity contribution is 0.122. The largest absolute Gasteiger partial charge is 0.378 e. The first-order valence-corrected chi connectivity index (χ1v) is 5.47. The molecule has 1 aliphatic rings. The minimum atomic E-state index is 0.784. The Morgan fingerprint density at radius 3 is 2.88 bits per heavy atom. The summed E-state index contributed by atoms with van der Waals surface area (Å²) in [5.74, 6) is 1.02. The molecule has 1 saturated heterocycles. The number of morpholine rings is 1. The number of fused-ring (bicyclic) bond motifs is 1. The van der Waals surface area contributed by atoms with Gasteiger partial charge in [0, 0.05) is 24.7 Å². The van der Waals surface area contributed by atoms with E-state index in [9.17, 15) is 0 Å². The van der Waals surface area contributed by atoms with Crippen molar-refractivity contribution in [3.63, 3.8) is 0 Å². The molecule has 0 aromatic carbocycles. The smallest absolute Gasteiger partial charge is 0.129 e. The van der Waals surface area contributed by atoms with Crippen LogP contribution in [0.25, 0.3) is 10.9 Å². The number of nitrogens with zero attached hydrogens (tertiary/aromatic N) is 3. The highest BCUT2D eigenvalue weighted by Gasteiger charge is 2.12. The molecule has 0 saturated carbocycles. The second-order valence-corrected chi connectivity index (χ2v) is 3.84. The van der Waals surface area contributed by atoms with Gasteiger partial charge in [0.25, 0.3) is 0 Å². The molecule has 0 aliphatic carbocycles. The van der Waals surface area contributed by atoms with E-state index in [0.29, 0.717) is 0 Å². The maximum Gasteiger partial charge on any atom is 0.129 e. The van der Waals surface area contributed by atoms with Crippen molar-refractivity contribution in [3.8, 4) is 0 Å². The Bertz CT molecular complexity index is 494. The van der Waals surface area contributed by atoms with E-state index in [4.69, 9.17) is 4.74 Å². The number of ether oxygens (including phenoxy) is 1. The van der Waals surface area contributed by atoms with Gasteiger partial charge in [0.2, 0.25) is 0 Å². The molecule has 4 nitrogen and oxygen atoms in total. The summed E-state index contributed by atoms with van der Waals surface area (Å²) in [6.07, 6.45) is 3.59. The quantitative estimate of drug-likeness (QED) is 0.722. The molecule has 3 heterocycles. The van der Waals surface area contributed by atoms with Gasteiger partial charge in [-0.25, -0.2) is 4.98 Å². The molecule has 1 aliphatic heterocycles. The summed E-state index contributed by atoms with van der Waals surface area (Å²) in [6.45, 7) is 3.40. The number of aromatic nitrogens is 2. The number of hydrogen-bond donors (Lipinski definition) is 0. The fourth-order valence-electron chi connectivity index (χ4n) is 1.92. The summed E-state index contributed by atoms with van der Waals surface area (Å²) in [4.78, 5) is 10.9. The monoisotopic (exact) mass is 215 g/mol. The van der Waals surface area contributed by atoms with Crippen LogP contribution in [0.15, 0.2) is 30.6 Å². The van der Waals surface area contributed by atoms with Gasteiger partial charge in [-0.3, -0.25) is 4.98 Å². The van der Waals surface area contributed by atoms with E-state index in [1.807, 2.05) is 6.07 Å². The highest BCUT2D eigenvalue weighted by molar-refractivity contribution is 5.79. The van der Waals surface area contributed by atoms with Crippen LogP contribution >= 0.6 is 0 Å². The number of pyridine rings is 2. The Morgan fingerprint density at radius 2 is 2.00 bits per heavy atom. The van der Waals surface area contributed by atoms with Crippen LogP contribution in [-0.2, 0) is 4.74 Å². The van der Waals surface area contributed by atoms with Crippen molar-refractivity contribution in [1.82, 2.24) is 9.97 Å². The van der Waals surface area contributed by atoms with E-state index in [1.165, 1.54) is 0 Å². The second kappa shape index (κ2) is 4.06. The van der Waals surface area contributed by atoms with Crippen molar-refractivity contribution < 1.29 is 4.74 Å². The summed E-state index contributed by atoms with van der Waals surface area (Å²) in [6, 6.07) is 6.13. The summed E-state index contributed by atoms with van der Waals surface area (Å²) >= 11 is 0. The van der Waals surface area contributed by atoms with E-state index in [2.05, 4.69) is 27.0 Å². The van der Waals surface area contributed by atoms with Crippen molar-refractivity contribution in [2.24, 2.45) is 0 Å². The molecule has 0 bridgehead atoms. The van der Waals surface area contributed by atoms with Crippen molar-refractivity contribution in [2.45, 2.75) is 0 Å². The Morgan fingerprint density at radius 1 is 1.12 bits per heavy atom. The van der Waals surface area contributed by atoms with Gasteiger partial charge in [-0.2, -0.15) is 0 Å². The molecular weight excluding hydrogens is 202 g/mol. The van der Waals surface area contributed by atoms with Crippen molar-refractivity contribution in [3.05, 3.63) is 30.6 Å². The zero-order valence-corrected chi connectivity index (χ0v) is 8.97. The number of anilines is 1. The summed E-state index contributed by atoms with van der Waals surface area (Å²) in [7, 11) is 0. The molecule has 0 amide bonds. The molecule has 0 unspecified atom stereocenters. The fourth-order valence-corrected chi connectivity index (χ4v) is 1.92. The van der Waals surface area contributed by atoms with Crippen molar-refractivity contribution in [1.29, 1.82) is 0 Å². The van der Waals surface area contributed by atoms with Crippen LogP contribution in [0.1, 0.15) is 0 Å². The van der Waals surface area contributed by atoms with Crippen LogP contribution in [0, 0.1) is 0 Å². The van der Waals surface area contributed by atoms with E-state index in [0.717, 1.165) is 43.0 Å². The first-order chi connectivity index (χ1) is 7.93. The van der Waals surface area contributed by atoms with Gasteiger partial charge in [0.1, 0.15) is 5.82 Å². The van der Waals surface area contributed by atoms with Crippen LogP contribution in [-0.4, -0.2) is 36.3 Å². The topological polar surface area (TPSA) is 38.2 Å². The highest BCUT2D eigenvalue weighted by atomic mass is 16.5. The van der Waals surface area contributed by atoms with Gasteiger partial charge in [-0.15, -0.1) is 0 Å². The lowest BCUT2D eigenvalue weighted by Gasteiger charge is -2.27. The Kier molecular flexibility index (Phi) is 2.42. The van der Waals surface area contributed by atoms with Crippen LogP contribution in [0.3, 0.4) is 0 Å². The molecule has 3 rings (SSSR count). The van der Waals surface area contributed by atoms with Gasteiger partial charge in [-0.1, -0.05) is 0 Å². The van der Waals surface area contributed by atoms with Gasteiger partial charge >= 0.3 is 0 Å². The predicted molar refractivity (Wildman–Crippen MR) is 62.6 cm³/mol. The van der Waals surface area contributed by atoms with Gasteiger partial charge in [0.05, 0.1) is 24.9 Å². The summed E-state index contributed by atoms with van der Waals surface area (Å²) in [5.41, 5.74) is 0.950. The lowest BCUT2D eigenvalue weighted by atomic mass is 10.2. The molecule has 2 aromatic heterocycles. The maximum absolute atomic E-state index is 5.33. The first kappa shape index (κ1) is 9.54. The molecule has 0 radical (unpaired) electrons. The third-order valence-electron chi connectivity index (χ3n) is 2.81. The lowest BCUT2D eigenvalue weighted by Crippen LogP contribution is -2.36. The molecule has 1 fully saturated rings. The molecule has 16 heavy (non-hydrogen) atoms. The second-order valence-electron chi connectivity index (χ2n) is 3.84. The van der Waals surface area contributed by atoms with Gasteiger partial charge in [0.15, 0.2) is 0 Å². The number of hydrogen-bond acceptors (Lipinski definition) is 4. The average molecular weight is 215 g/mol. The van der Waals surface area contributed by atoms with E-state index < -0.39 is 0 Å². The maximum atomic E-state index is 5.33. The molecular formula is C12H13N3O. The van der Waals surface area contributed by atoms with Crippen molar-refractivity contribution in [2.75, 3.05) is 31.2 Å². The molecule has 0 spiro atoms. The Hall–Kier alpha value is -1.68. The van der Waals surface area contributed by atoms with Gasteiger partial charge in [-0.05, 0) is 18.2 Å². The molecule has 0 atom stereocenters. The molecule has 82 valence electrons. The molecule has 2 aromatic rings. The zero-order chi connectivity index (χ0) is 10.8. The SMILES string of the molecule is c1cc2ccc(N3CCOCC3)nc2cn1. The van der Waals surface area contributed by atoms with E-state index in [-0.39, 0.29) is 0 Å². The third-order valence-corrected chi connectivity index (χ3v) is 2.81. The average Bonchev–Trinajstić information content (AvgIpc) is 2.39. The minimum absolute atomic E-state index is 0.784. The summed E-state index contributed by atoms with van der Waals surface area (Å²) < 4.78 is 5.33. The normalized spacial score (nSPS) is 16.6. The highest BCUT2D eigenvalue weighted by Crippen LogP contribution is 2.17. The molecule has 4 heteroatoms. The fraction of sp³-hybridized carbons (Fsp3) is 0.333. The predicted octanol–water partition coefficient (Wildman–Crippen LogP) is 1.47. The third kappa shape index (κ3) is 1.72. The van der Waals surface area contributed by atoms with Crippen LogP contribution < -0.4 is 4.90 Å². The Balaban J connectivity index is 1.97. The van der Waals surface area contributed by atoms with E-state index in [1.54, 1.807) is 12.4 Å². The zero-order valence-electron chi connectivity index (χ0n) is 8.97. The van der Waals surface area contributed by atoms with Crippen LogP contribution in [0.4, 0.5) is 5.82 Å². The van der Waals surface area contributed by atoms with Crippen LogP contribution in [0.5, 0.6) is 0 Å². The van der Waals surface area contributed by atoms with Gasteiger partial charge < -0.3 is 9.64 Å². The molecule has 0 N–H and O–H groups in total. The summed E-state index contributed by atoms with van der Waals surface area (Å²) in [5, 5.41) is 1.13. The van der Waals surface area contributed by atoms with E-state index >= 15 is 0 Å². The van der Waals surface area contributed by atoms with Crippen LogP contribution in [0.2, 0.25) is 0 Å². The van der Waals surface area contributed by atoms with Crippen molar-refractivity contribution >= 4 is 16.7 Å². The standard InChI is InChI=1S/C12H13N3O/c1-2-12(15-5-7-16-8-6-15)14-11-9-13-4-3-10(1)11/h1-4,9H,5-8H2. The Labute approximate surface area is 93.9 Å². The number of rotatable bonds is 1. The first-order valence-electron chi connectivity index (χ1n) is 5.47.